The largest absolute Gasteiger partial charge is 0.340 e. The summed E-state index contributed by atoms with van der Waals surface area (Å²) in [6.45, 7) is 24.0. The van der Waals surface area contributed by atoms with Gasteiger partial charge in [-0.3, -0.25) is 4.79 Å². The van der Waals surface area contributed by atoms with Crippen LogP contribution < -0.4 is 0 Å². The molecule has 0 N–H and O–H groups in total. The van der Waals surface area contributed by atoms with E-state index in [1.54, 1.807) is 0 Å². The van der Waals surface area contributed by atoms with Crippen LogP contribution in [0.4, 0.5) is 0 Å². The van der Waals surface area contributed by atoms with Crippen molar-refractivity contribution in [3.05, 3.63) is 12.7 Å². The predicted octanol–water partition coefficient (Wildman–Crippen LogP) is 3.95. The molecular formula is C19H39N2O+. The number of rotatable bonds is 9. The third kappa shape index (κ3) is 6.51. The molecule has 0 aliphatic heterocycles. The van der Waals surface area contributed by atoms with E-state index >= 15 is 0 Å². The monoisotopic (exact) mass is 311 g/mol. The van der Waals surface area contributed by atoms with Crippen LogP contribution in [0.15, 0.2) is 12.7 Å². The molecular weight excluding hydrogens is 272 g/mol. The molecule has 0 fully saturated rings. The summed E-state index contributed by atoms with van der Waals surface area (Å²) in [5.41, 5.74) is -0.144. The van der Waals surface area contributed by atoms with E-state index in [0.717, 1.165) is 43.6 Å². The van der Waals surface area contributed by atoms with Gasteiger partial charge in [0.05, 0.1) is 32.7 Å². The third-order valence-corrected chi connectivity index (χ3v) is 4.67. The summed E-state index contributed by atoms with van der Waals surface area (Å²) >= 11 is 0. The highest BCUT2D eigenvalue weighted by molar-refractivity contribution is 5.81. The fourth-order valence-electron chi connectivity index (χ4n) is 3.54. The van der Waals surface area contributed by atoms with Crippen molar-refractivity contribution < 1.29 is 9.28 Å². The zero-order chi connectivity index (χ0) is 17.6. The van der Waals surface area contributed by atoms with Crippen LogP contribution >= 0.6 is 0 Å². The molecule has 0 rings (SSSR count). The number of likely N-dealkylation sites (N-methyl/N-ethyl adjacent to an activating group) is 2. The normalized spacial score (nSPS) is 13.1. The second-order valence-electron chi connectivity index (χ2n) is 8.52. The Morgan fingerprint density at radius 3 is 2.00 bits per heavy atom. The summed E-state index contributed by atoms with van der Waals surface area (Å²) in [6.07, 6.45) is 2.90. The maximum absolute atomic E-state index is 12.8. The number of quaternary nitrogens is 1. The molecule has 0 aromatic rings. The van der Waals surface area contributed by atoms with Gasteiger partial charge >= 0.3 is 0 Å². The summed E-state index contributed by atoms with van der Waals surface area (Å²) in [7, 11) is 1.95. The number of hydrogen-bond donors (Lipinski definition) is 0. The molecule has 0 saturated heterocycles. The second kappa shape index (κ2) is 8.14. The SMILES string of the molecule is C=CC[N+](CC)(CC)CCN(C)C(=O)C(C)(C)CC(C)(C)C. The van der Waals surface area contributed by atoms with E-state index < -0.39 is 0 Å². The van der Waals surface area contributed by atoms with Gasteiger partial charge in [-0.05, 0) is 31.8 Å². The van der Waals surface area contributed by atoms with Crippen LogP contribution in [-0.2, 0) is 4.79 Å². The Morgan fingerprint density at radius 1 is 1.14 bits per heavy atom. The molecule has 0 bridgehead atoms. The van der Waals surface area contributed by atoms with Crippen molar-refractivity contribution in [2.75, 3.05) is 39.8 Å². The van der Waals surface area contributed by atoms with Gasteiger partial charge in [-0.1, -0.05) is 41.2 Å². The minimum atomic E-state index is -0.306. The van der Waals surface area contributed by atoms with Crippen molar-refractivity contribution in [1.29, 1.82) is 0 Å². The van der Waals surface area contributed by atoms with Gasteiger partial charge in [0.2, 0.25) is 5.91 Å². The fourth-order valence-corrected chi connectivity index (χ4v) is 3.54. The molecule has 0 unspecified atom stereocenters. The van der Waals surface area contributed by atoms with E-state index in [1.807, 2.05) is 18.0 Å². The molecule has 0 spiro atoms. The van der Waals surface area contributed by atoms with E-state index in [-0.39, 0.29) is 16.7 Å². The van der Waals surface area contributed by atoms with E-state index in [0.29, 0.717) is 0 Å². The maximum Gasteiger partial charge on any atom is 0.228 e. The van der Waals surface area contributed by atoms with Crippen molar-refractivity contribution in [1.82, 2.24) is 4.90 Å². The van der Waals surface area contributed by atoms with E-state index in [1.165, 1.54) is 0 Å². The minimum Gasteiger partial charge on any atom is -0.340 e. The average Bonchev–Trinajstić information content (AvgIpc) is 2.39. The van der Waals surface area contributed by atoms with E-state index in [4.69, 9.17) is 0 Å². The van der Waals surface area contributed by atoms with Crippen LogP contribution in [0, 0.1) is 10.8 Å². The smallest absolute Gasteiger partial charge is 0.228 e. The molecule has 0 aromatic carbocycles. The Morgan fingerprint density at radius 2 is 1.64 bits per heavy atom. The Bertz CT molecular complexity index is 362. The number of amides is 1. The molecule has 3 nitrogen and oxygen atoms in total. The highest BCUT2D eigenvalue weighted by Crippen LogP contribution is 2.34. The predicted molar refractivity (Wildman–Crippen MR) is 96.8 cm³/mol. The van der Waals surface area contributed by atoms with Crippen molar-refractivity contribution >= 4 is 5.91 Å². The molecule has 0 atom stereocenters. The Kier molecular flexibility index (Phi) is 7.84. The lowest BCUT2D eigenvalue weighted by Gasteiger charge is -2.39. The lowest BCUT2D eigenvalue weighted by Crippen LogP contribution is -2.53. The molecule has 0 aliphatic rings. The molecule has 0 aromatic heterocycles. The first-order valence-electron chi connectivity index (χ1n) is 8.64. The van der Waals surface area contributed by atoms with Gasteiger partial charge in [0.1, 0.15) is 0 Å². The average molecular weight is 312 g/mol. The minimum absolute atomic E-state index is 0.162. The van der Waals surface area contributed by atoms with E-state index in [2.05, 4.69) is 55.0 Å². The van der Waals surface area contributed by atoms with Crippen LogP contribution in [0.1, 0.15) is 54.9 Å². The summed E-state index contributed by atoms with van der Waals surface area (Å²) in [5.74, 6) is 0.256. The van der Waals surface area contributed by atoms with Crippen LogP contribution in [0.3, 0.4) is 0 Å². The van der Waals surface area contributed by atoms with Crippen molar-refractivity contribution in [2.45, 2.75) is 54.9 Å². The van der Waals surface area contributed by atoms with Crippen LogP contribution in [0.2, 0.25) is 0 Å². The van der Waals surface area contributed by atoms with Gasteiger partial charge in [0, 0.05) is 12.5 Å². The van der Waals surface area contributed by atoms with Crippen LogP contribution in [0.25, 0.3) is 0 Å². The Balaban J connectivity index is 4.80. The molecule has 0 heterocycles. The van der Waals surface area contributed by atoms with Crippen LogP contribution in [-0.4, -0.2) is 55.1 Å². The molecule has 0 radical (unpaired) electrons. The van der Waals surface area contributed by atoms with E-state index in [9.17, 15) is 4.79 Å². The number of nitrogens with zero attached hydrogens (tertiary/aromatic N) is 2. The quantitative estimate of drug-likeness (QED) is 0.466. The van der Waals surface area contributed by atoms with Gasteiger partial charge in [0.25, 0.3) is 0 Å². The maximum atomic E-state index is 12.8. The topological polar surface area (TPSA) is 20.3 Å². The number of carbonyl (C=O) groups is 1. The van der Waals surface area contributed by atoms with Gasteiger partial charge in [-0.2, -0.15) is 0 Å². The van der Waals surface area contributed by atoms with Gasteiger partial charge in [-0.15, -0.1) is 0 Å². The standard InChI is InChI=1S/C19H39N2O/c1-10-14-21(11-2,12-3)15-13-20(9)17(22)19(7,8)16-18(4,5)6/h10H,1,11-16H2,2-9H3/q+1. The first-order chi connectivity index (χ1) is 9.93. The zero-order valence-electron chi connectivity index (χ0n) is 16.3. The number of hydrogen-bond acceptors (Lipinski definition) is 1. The molecule has 130 valence electrons. The van der Waals surface area contributed by atoms with Crippen molar-refractivity contribution in [3.63, 3.8) is 0 Å². The van der Waals surface area contributed by atoms with Gasteiger partial charge in [-0.25, -0.2) is 0 Å². The second-order valence-corrected chi connectivity index (χ2v) is 8.52. The molecule has 1 amide bonds. The van der Waals surface area contributed by atoms with Crippen molar-refractivity contribution in [3.8, 4) is 0 Å². The molecule has 3 heteroatoms. The lowest BCUT2D eigenvalue weighted by molar-refractivity contribution is -0.918. The zero-order valence-corrected chi connectivity index (χ0v) is 16.3. The van der Waals surface area contributed by atoms with Gasteiger partial charge in [0.15, 0.2) is 0 Å². The molecule has 0 saturated carbocycles. The summed E-state index contributed by atoms with van der Waals surface area (Å²) in [5, 5.41) is 0. The van der Waals surface area contributed by atoms with Crippen molar-refractivity contribution in [2.24, 2.45) is 10.8 Å². The Labute approximate surface area is 139 Å². The van der Waals surface area contributed by atoms with Gasteiger partial charge < -0.3 is 9.38 Å². The highest BCUT2D eigenvalue weighted by Gasteiger charge is 2.35. The highest BCUT2D eigenvalue weighted by atomic mass is 16.2. The summed E-state index contributed by atoms with van der Waals surface area (Å²) < 4.78 is 1.00. The third-order valence-electron chi connectivity index (χ3n) is 4.67. The van der Waals surface area contributed by atoms with Crippen LogP contribution in [0.5, 0.6) is 0 Å². The summed E-state index contributed by atoms with van der Waals surface area (Å²) in [6, 6.07) is 0. The molecule has 0 aliphatic carbocycles. The first kappa shape index (κ1) is 21.2. The fraction of sp³-hybridized carbons (Fsp3) is 0.842. The molecule has 22 heavy (non-hydrogen) atoms. The lowest BCUT2D eigenvalue weighted by atomic mass is 9.75. The number of carbonyl (C=O) groups excluding carboxylic acids is 1. The summed E-state index contributed by atoms with van der Waals surface area (Å²) in [4.78, 5) is 14.7. The Hall–Kier alpha value is -0.830. The first-order valence-corrected chi connectivity index (χ1v) is 8.64.